The van der Waals surface area contributed by atoms with Crippen LogP contribution in [-0.4, -0.2) is 4.98 Å². The van der Waals surface area contributed by atoms with Crippen LogP contribution < -0.4 is 0 Å². The van der Waals surface area contributed by atoms with Gasteiger partial charge in [0.25, 0.3) is 0 Å². The number of aryl methyl sites for hydroxylation is 1. The Balaban J connectivity index is 0.000000606. The molecule has 0 aliphatic heterocycles. The summed E-state index contributed by atoms with van der Waals surface area (Å²) >= 11 is 0. The van der Waals surface area contributed by atoms with Crippen LogP contribution >= 0.6 is 0 Å². The van der Waals surface area contributed by atoms with Crippen LogP contribution in [0, 0.1) is 5.95 Å². The van der Waals surface area contributed by atoms with Gasteiger partial charge in [-0.15, -0.1) is 0 Å². The Morgan fingerprint density at radius 3 is 2.56 bits per heavy atom. The maximum absolute atomic E-state index is 13.4. The van der Waals surface area contributed by atoms with Gasteiger partial charge in [-0.05, 0) is 37.3 Å². The van der Waals surface area contributed by atoms with Crippen molar-refractivity contribution < 1.29 is 4.39 Å². The summed E-state index contributed by atoms with van der Waals surface area (Å²) in [5.41, 5.74) is 2.72. The Kier molecular flexibility index (Phi) is 5.17. The lowest BCUT2D eigenvalue weighted by Crippen LogP contribution is -1.96. The van der Waals surface area contributed by atoms with Crippen LogP contribution in [0.15, 0.2) is 18.2 Å². The first-order valence-corrected chi connectivity index (χ1v) is 6.16. The molecule has 0 unspecified atom stereocenters. The second kappa shape index (κ2) is 6.41. The third kappa shape index (κ3) is 2.91. The zero-order valence-electron chi connectivity index (χ0n) is 10.4. The maximum Gasteiger partial charge on any atom is 0.216 e. The number of halogens is 1. The first kappa shape index (κ1) is 12.9. The number of hydrogen-bond acceptors (Lipinski definition) is 1. The predicted octanol–water partition coefficient (Wildman–Crippen LogP) is 4.38. The van der Waals surface area contributed by atoms with Crippen LogP contribution in [0.25, 0.3) is 5.57 Å². The molecule has 1 nitrogen and oxygen atoms in total. The summed E-state index contributed by atoms with van der Waals surface area (Å²) in [5, 5.41) is 0. The zero-order valence-corrected chi connectivity index (χ0v) is 10.4. The Bertz CT molecular complexity index is 369. The summed E-state index contributed by atoms with van der Waals surface area (Å²) in [5.74, 6) is -0.308. The van der Waals surface area contributed by atoms with E-state index in [9.17, 15) is 4.39 Å². The van der Waals surface area contributed by atoms with Gasteiger partial charge >= 0.3 is 0 Å². The summed E-state index contributed by atoms with van der Waals surface area (Å²) in [6, 6.07) is 3.77. The van der Waals surface area contributed by atoms with Crippen LogP contribution in [0.2, 0.25) is 0 Å². The predicted molar refractivity (Wildman–Crippen MR) is 66.7 cm³/mol. The van der Waals surface area contributed by atoms with Crippen LogP contribution in [0.3, 0.4) is 0 Å². The second-order valence-electron chi connectivity index (χ2n) is 3.62. The quantitative estimate of drug-likeness (QED) is 0.675. The van der Waals surface area contributed by atoms with E-state index in [1.165, 1.54) is 12.0 Å². The van der Waals surface area contributed by atoms with Gasteiger partial charge < -0.3 is 0 Å². The lowest BCUT2D eigenvalue weighted by molar-refractivity contribution is 0.567. The van der Waals surface area contributed by atoms with Gasteiger partial charge in [-0.2, -0.15) is 4.39 Å². The summed E-state index contributed by atoms with van der Waals surface area (Å²) < 4.78 is 13.4. The highest BCUT2D eigenvalue weighted by Crippen LogP contribution is 2.26. The lowest BCUT2D eigenvalue weighted by Gasteiger charge is -2.03. The zero-order chi connectivity index (χ0) is 12.0. The second-order valence-corrected chi connectivity index (χ2v) is 3.62. The third-order valence-electron chi connectivity index (χ3n) is 2.68. The molecule has 88 valence electrons. The van der Waals surface area contributed by atoms with Crippen LogP contribution in [0.4, 0.5) is 4.39 Å². The molecule has 1 aliphatic rings. The van der Waals surface area contributed by atoms with E-state index in [1.54, 1.807) is 0 Å². The van der Waals surface area contributed by atoms with Gasteiger partial charge in [0.1, 0.15) is 0 Å². The first-order valence-electron chi connectivity index (χ1n) is 6.16. The van der Waals surface area contributed by atoms with E-state index in [4.69, 9.17) is 0 Å². The smallest absolute Gasteiger partial charge is 0.216 e. The Labute approximate surface area is 97.4 Å². The fraction of sp³-hybridized carbons (Fsp3) is 0.500. The van der Waals surface area contributed by atoms with Crippen molar-refractivity contribution in [3.63, 3.8) is 0 Å². The highest BCUT2D eigenvalue weighted by Gasteiger charge is 2.10. The molecule has 0 fully saturated rings. The molecule has 0 bridgehead atoms. The molecular formula is C14H20FN. The SMILES string of the molecule is CC.CCc1ccc(C2=CCCC2)nc1F. The fourth-order valence-electron chi connectivity index (χ4n) is 1.81. The number of aromatic nitrogens is 1. The molecule has 0 spiro atoms. The van der Waals surface area contributed by atoms with Crippen molar-refractivity contribution in [2.24, 2.45) is 0 Å². The number of pyridine rings is 1. The van der Waals surface area contributed by atoms with Crippen molar-refractivity contribution in [1.82, 2.24) is 4.98 Å². The largest absolute Gasteiger partial charge is 0.220 e. The van der Waals surface area contributed by atoms with Gasteiger partial charge in [0.15, 0.2) is 0 Å². The molecule has 0 saturated carbocycles. The molecule has 0 radical (unpaired) electrons. The summed E-state index contributed by atoms with van der Waals surface area (Å²) in [6.45, 7) is 5.94. The average Bonchev–Trinajstić information content (AvgIpc) is 2.85. The first-order chi connectivity index (χ1) is 7.81. The van der Waals surface area contributed by atoms with Crippen LogP contribution in [0.1, 0.15) is 51.3 Å². The van der Waals surface area contributed by atoms with Crippen molar-refractivity contribution in [3.05, 3.63) is 35.4 Å². The number of hydrogen-bond donors (Lipinski definition) is 0. The lowest BCUT2D eigenvalue weighted by atomic mass is 10.1. The molecule has 0 amide bonds. The monoisotopic (exact) mass is 221 g/mol. The maximum atomic E-state index is 13.4. The average molecular weight is 221 g/mol. The topological polar surface area (TPSA) is 12.9 Å². The van der Waals surface area contributed by atoms with E-state index in [1.807, 2.05) is 32.9 Å². The molecule has 2 rings (SSSR count). The highest BCUT2D eigenvalue weighted by molar-refractivity contribution is 5.64. The minimum atomic E-state index is -0.308. The van der Waals surface area contributed by atoms with Crippen LogP contribution in [-0.2, 0) is 6.42 Å². The molecule has 0 aromatic carbocycles. The van der Waals surface area contributed by atoms with Gasteiger partial charge in [-0.3, -0.25) is 0 Å². The van der Waals surface area contributed by atoms with Gasteiger partial charge in [0, 0.05) is 5.56 Å². The summed E-state index contributed by atoms with van der Waals surface area (Å²) in [7, 11) is 0. The molecule has 16 heavy (non-hydrogen) atoms. The van der Waals surface area contributed by atoms with Crippen LogP contribution in [0.5, 0.6) is 0 Å². The molecule has 1 aliphatic carbocycles. The van der Waals surface area contributed by atoms with Crippen molar-refractivity contribution in [2.45, 2.75) is 46.5 Å². The highest BCUT2D eigenvalue weighted by atomic mass is 19.1. The van der Waals surface area contributed by atoms with E-state index >= 15 is 0 Å². The molecule has 1 aromatic rings. The van der Waals surface area contributed by atoms with E-state index in [0.717, 1.165) is 18.5 Å². The third-order valence-corrected chi connectivity index (χ3v) is 2.68. The van der Waals surface area contributed by atoms with Gasteiger partial charge in [0.2, 0.25) is 5.95 Å². The van der Waals surface area contributed by atoms with Crippen molar-refractivity contribution >= 4 is 5.57 Å². The van der Waals surface area contributed by atoms with Gasteiger partial charge in [-0.25, -0.2) is 4.98 Å². The molecule has 2 heteroatoms. The van der Waals surface area contributed by atoms with E-state index < -0.39 is 0 Å². The standard InChI is InChI=1S/C12H14FN.C2H6/c1-2-9-7-8-11(14-12(9)13)10-5-3-4-6-10;1-2/h5,7-8H,2-4,6H2,1H3;1-2H3. The normalized spacial score (nSPS) is 14.1. The Hall–Kier alpha value is -1.18. The number of rotatable bonds is 2. The summed E-state index contributed by atoms with van der Waals surface area (Å²) in [6.07, 6.45) is 6.19. The van der Waals surface area contributed by atoms with E-state index in [2.05, 4.69) is 11.1 Å². The summed E-state index contributed by atoms with van der Waals surface area (Å²) in [4.78, 5) is 3.99. The number of allylic oxidation sites excluding steroid dienone is 2. The minimum Gasteiger partial charge on any atom is -0.220 e. The van der Waals surface area contributed by atoms with Crippen molar-refractivity contribution in [1.29, 1.82) is 0 Å². The molecular weight excluding hydrogens is 201 g/mol. The molecule has 0 N–H and O–H groups in total. The van der Waals surface area contributed by atoms with Gasteiger partial charge in [-0.1, -0.05) is 32.9 Å². The Morgan fingerprint density at radius 2 is 2.06 bits per heavy atom. The molecule has 0 saturated heterocycles. The van der Waals surface area contributed by atoms with E-state index in [-0.39, 0.29) is 5.95 Å². The number of nitrogens with zero attached hydrogens (tertiary/aromatic N) is 1. The fourth-order valence-corrected chi connectivity index (χ4v) is 1.81. The Morgan fingerprint density at radius 1 is 1.31 bits per heavy atom. The molecule has 0 atom stereocenters. The van der Waals surface area contributed by atoms with E-state index in [0.29, 0.717) is 12.0 Å². The molecule has 1 heterocycles. The minimum absolute atomic E-state index is 0.308. The van der Waals surface area contributed by atoms with Gasteiger partial charge in [0.05, 0.1) is 5.69 Å². The van der Waals surface area contributed by atoms with Crippen molar-refractivity contribution in [2.75, 3.05) is 0 Å². The molecule has 1 aromatic heterocycles. The van der Waals surface area contributed by atoms with Crippen molar-refractivity contribution in [3.8, 4) is 0 Å².